The second kappa shape index (κ2) is 8.92. The van der Waals surface area contributed by atoms with Gasteiger partial charge in [-0.2, -0.15) is 0 Å². The molecule has 1 N–H and O–H groups in total. The van der Waals surface area contributed by atoms with Gasteiger partial charge in [-0.05, 0) is 42.8 Å². The fourth-order valence-corrected chi connectivity index (χ4v) is 2.94. The molecule has 0 saturated carbocycles. The molecule has 2 heterocycles. The Balaban J connectivity index is 1.47. The molecule has 0 aliphatic carbocycles. The fraction of sp³-hybridized carbons (Fsp3) is 0.150. The normalized spacial score (nSPS) is 10.8. The van der Waals surface area contributed by atoms with Crippen molar-refractivity contribution in [1.82, 2.24) is 15.3 Å². The average Bonchev–Trinajstić information content (AvgIpc) is 3.10. The van der Waals surface area contributed by atoms with Gasteiger partial charge in [-0.25, -0.2) is 4.98 Å². The van der Waals surface area contributed by atoms with E-state index in [1.165, 1.54) is 6.08 Å². The number of carbonyl (C=O) groups excluding carboxylic acids is 1. The Morgan fingerprint density at radius 3 is 2.73 bits per heavy atom. The number of nitrogens with one attached hydrogen (secondary N) is 1. The van der Waals surface area contributed by atoms with Gasteiger partial charge >= 0.3 is 0 Å². The average molecular weight is 365 g/mol. The zero-order chi connectivity index (χ0) is 18.2. The summed E-state index contributed by atoms with van der Waals surface area (Å²) in [5.74, 6) is 0.629. The first-order valence-corrected chi connectivity index (χ1v) is 9.01. The van der Waals surface area contributed by atoms with Crippen LogP contribution in [0.2, 0.25) is 0 Å². The number of ether oxygens (including phenoxy) is 1. The van der Waals surface area contributed by atoms with Gasteiger partial charge in [0.25, 0.3) is 0 Å². The van der Waals surface area contributed by atoms with Crippen LogP contribution in [-0.2, 0) is 17.9 Å². The second-order valence-electron chi connectivity index (χ2n) is 5.58. The SMILES string of the molecule is Cc1ncc(CNC(=O)C=Cc2ccc(OCc3ccccn3)cc2)s1. The molecule has 0 atom stereocenters. The van der Waals surface area contributed by atoms with Crippen LogP contribution in [0.3, 0.4) is 0 Å². The molecule has 0 spiro atoms. The highest BCUT2D eigenvalue weighted by Crippen LogP contribution is 2.15. The summed E-state index contributed by atoms with van der Waals surface area (Å²) < 4.78 is 5.69. The topological polar surface area (TPSA) is 64.1 Å². The van der Waals surface area contributed by atoms with E-state index in [1.54, 1.807) is 29.8 Å². The summed E-state index contributed by atoms with van der Waals surface area (Å²) in [6.45, 7) is 2.87. The molecule has 0 fully saturated rings. The summed E-state index contributed by atoms with van der Waals surface area (Å²) in [6.07, 6.45) is 6.83. The summed E-state index contributed by atoms with van der Waals surface area (Å²) in [6, 6.07) is 13.3. The van der Waals surface area contributed by atoms with Crippen molar-refractivity contribution in [3.05, 3.63) is 82.1 Å². The largest absolute Gasteiger partial charge is 0.487 e. The van der Waals surface area contributed by atoms with Crippen LogP contribution in [0.1, 0.15) is 21.1 Å². The second-order valence-corrected chi connectivity index (χ2v) is 6.89. The summed E-state index contributed by atoms with van der Waals surface area (Å²) in [5, 5.41) is 3.84. The molecule has 132 valence electrons. The number of thiazole rings is 1. The summed E-state index contributed by atoms with van der Waals surface area (Å²) in [5.41, 5.74) is 1.81. The highest BCUT2D eigenvalue weighted by Gasteiger charge is 2.01. The predicted molar refractivity (Wildman–Crippen MR) is 103 cm³/mol. The molecule has 0 radical (unpaired) electrons. The highest BCUT2D eigenvalue weighted by molar-refractivity contribution is 7.11. The van der Waals surface area contributed by atoms with E-state index in [9.17, 15) is 4.79 Å². The van der Waals surface area contributed by atoms with Crippen molar-refractivity contribution in [3.8, 4) is 5.75 Å². The van der Waals surface area contributed by atoms with Crippen LogP contribution in [0.15, 0.2) is 60.9 Å². The molecule has 1 aromatic carbocycles. The molecule has 0 aliphatic rings. The van der Waals surface area contributed by atoms with Crippen molar-refractivity contribution in [1.29, 1.82) is 0 Å². The van der Waals surface area contributed by atoms with E-state index in [0.717, 1.165) is 26.9 Å². The molecule has 0 bridgehead atoms. The number of amides is 1. The van der Waals surface area contributed by atoms with Crippen LogP contribution in [0, 0.1) is 6.92 Å². The molecule has 0 saturated heterocycles. The van der Waals surface area contributed by atoms with E-state index in [4.69, 9.17) is 4.74 Å². The third-order valence-electron chi connectivity index (χ3n) is 3.53. The van der Waals surface area contributed by atoms with Gasteiger partial charge in [0, 0.05) is 23.3 Å². The van der Waals surface area contributed by atoms with Crippen LogP contribution >= 0.6 is 11.3 Å². The lowest BCUT2D eigenvalue weighted by Crippen LogP contribution is -2.19. The fourth-order valence-electron chi connectivity index (χ4n) is 2.21. The van der Waals surface area contributed by atoms with E-state index in [0.29, 0.717) is 13.2 Å². The number of benzene rings is 1. The maximum atomic E-state index is 11.9. The van der Waals surface area contributed by atoms with Crippen molar-refractivity contribution in [2.24, 2.45) is 0 Å². The monoisotopic (exact) mass is 365 g/mol. The number of nitrogens with zero attached hydrogens (tertiary/aromatic N) is 2. The van der Waals surface area contributed by atoms with Gasteiger partial charge in [-0.15, -0.1) is 11.3 Å². The maximum absolute atomic E-state index is 11.9. The number of aromatic nitrogens is 2. The van der Waals surface area contributed by atoms with E-state index >= 15 is 0 Å². The highest BCUT2D eigenvalue weighted by atomic mass is 32.1. The van der Waals surface area contributed by atoms with Crippen molar-refractivity contribution in [2.75, 3.05) is 0 Å². The lowest BCUT2D eigenvalue weighted by Gasteiger charge is -2.05. The molecular formula is C20H19N3O2S. The predicted octanol–water partition coefficient (Wildman–Crippen LogP) is 3.76. The van der Waals surface area contributed by atoms with Crippen LogP contribution < -0.4 is 10.1 Å². The molecule has 1 amide bonds. The minimum Gasteiger partial charge on any atom is -0.487 e. The third kappa shape index (κ3) is 5.53. The maximum Gasteiger partial charge on any atom is 0.244 e. The van der Waals surface area contributed by atoms with Crippen LogP contribution in [0.25, 0.3) is 6.08 Å². The third-order valence-corrected chi connectivity index (χ3v) is 4.44. The standard InChI is InChI=1S/C20H19N3O2S/c1-15-22-12-19(26-15)13-23-20(24)10-7-16-5-8-18(9-6-16)25-14-17-4-2-3-11-21-17/h2-12H,13-14H2,1H3,(H,23,24). The number of hydrogen-bond donors (Lipinski definition) is 1. The summed E-state index contributed by atoms with van der Waals surface area (Å²) in [7, 11) is 0. The first-order valence-electron chi connectivity index (χ1n) is 8.19. The number of aryl methyl sites for hydroxylation is 1. The van der Waals surface area contributed by atoms with Gasteiger partial charge in [0.15, 0.2) is 0 Å². The first-order chi connectivity index (χ1) is 12.7. The van der Waals surface area contributed by atoms with Crippen molar-refractivity contribution in [2.45, 2.75) is 20.1 Å². The summed E-state index contributed by atoms with van der Waals surface area (Å²) in [4.78, 5) is 21.3. The quantitative estimate of drug-likeness (QED) is 0.648. The van der Waals surface area contributed by atoms with Gasteiger partial charge in [0.1, 0.15) is 12.4 Å². The molecule has 0 aliphatic heterocycles. The smallest absolute Gasteiger partial charge is 0.244 e. The lowest BCUT2D eigenvalue weighted by atomic mass is 10.2. The molecule has 0 unspecified atom stereocenters. The Morgan fingerprint density at radius 1 is 1.19 bits per heavy atom. The first kappa shape index (κ1) is 17.8. The van der Waals surface area contributed by atoms with Crippen molar-refractivity contribution < 1.29 is 9.53 Å². The number of rotatable bonds is 7. The number of pyridine rings is 1. The Hall–Kier alpha value is -2.99. The van der Waals surface area contributed by atoms with E-state index < -0.39 is 0 Å². The minimum atomic E-state index is -0.133. The Labute approximate surface area is 156 Å². The number of hydrogen-bond acceptors (Lipinski definition) is 5. The molecule has 3 aromatic rings. The Morgan fingerprint density at radius 2 is 2.04 bits per heavy atom. The molecule has 3 rings (SSSR count). The van der Waals surface area contributed by atoms with Crippen LogP contribution in [-0.4, -0.2) is 15.9 Å². The molecule has 26 heavy (non-hydrogen) atoms. The minimum absolute atomic E-state index is 0.133. The zero-order valence-electron chi connectivity index (χ0n) is 14.4. The van der Waals surface area contributed by atoms with Crippen LogP contribution in [0.4, 0.5) is 0 Å². The molecule has 2 aromatic heterocycles. The Kier molecular flexibility index (Phi) is 6.11. The van der Waals surface area contributed by atoms with Crippen molar-refractivity contribution >= 4 is 23.3 Å². The number of carbonyl (C=O) groups is 1. The Bertz CT molecular complexity index is 874. The molecule has 6 heteroatoms. The molecule has 5 nitrogen and oxygen atoms in total. The summed E-state index contributed by atoms with van der Waals surface area (Å²) >= 11 is 1.58. The molecular weight excluding hydrogens is 346 g/mol. The van der Waals surface area contributed by atoms with Crippen LogP contribution in [0.5, 0.6) is 5.75 Å². The van der Waals surface area contributed by atoms with E-state index in [2.05, 4.69) is 15.3 Å². The van der Waals surface area contributed by atoms with Crippen molar-refractivity contribution in [3.63, 3.8) is 0 Å². The van der Waals surface area contributed by atoms with Gasteiger partial charge in [-0.1, -0.05) is 18.2 Å². The van der Waals surface area contributed by atoms with Gasteiger partial charge < -0.3 is 10.1 Å². The zero-order valence-corrected chi connectivity index (χ0v) is 15.2. The van der Waals surface area contributed by atoms with Gasteiger partial charge in [-0.3, -0.25) is 9.78 Å². The van der Waals surface area contributed by atoms with E-state index in [-0.39, 0.29) is 5.91 Å². The van der Waals surface area contributed by atoms with E-state index in [1.807, 2.05) is 49.4 Å². The van der Waals surface area contributed by atoms with Gasteiger partial charge in [0.05, 0.1) is 17.2 Å². The van der Waals surface area contributed by atoms with Gasteiger partial charge in [0.2, 0.25) is 5.91 Å². The lowest BCUT2D eigenvalue weighted by molar-refractivity contribution is -0.116.